The smallest absolute Gasteiger partial charge is 0.259 e. The third-order valence-electron chi connectivity index (χ3n) is 3.98. The summed E-state index contributed by atoms with van der Waals surface area (Å²) in [7, 11) is 0. The number of benzene rings is 2. The van der Waals surface area contributed by atoms with Crippen molar-refractivity contribution in [2.45, 2.75) is 20.3 Å². The maximum Gasteiger partial charge on any atom is 0.259 e. The number of anilines is 2. The van der Waals surface area contributed by atoms with Crippen molar-refractivity contribution in [2.24, 2.45) is 5.92 Å². The molecule has 0 saturated heterocycles. The van der Waals surface area contributed by atoms with Gasteiger partial charge in [-0.05, 0) is 23.6 Å². The predicted octanol–water partition coefficient (Wildman–Crippen LogP) is 5.65. The fraction of sp³-hybridized carbons (Fsp3) is 0.182. The van der Waals surface area contributed by atoms with Crippen LogP contribution in [0.4, 0.5) is 10.7 Å². The Labute approximate surface area is 163 Å². The third kappa shape index (κ3) is 4.83. The van der Waals surface area contributed by atoms with Crippen LogP contribution in [0.3, 0.4) is 0 Å². The summed E-state index contributed by atoms with van der Waals surface area (Å²) < 4.78 is 0. The molecule has 0 radical (unpaired) electrons. The Morgan fingerprint density at radius 2 is 1.56 bits per heavy atom. The molecule has 0 aliphatic carbocycles. The third-order valence-corrected chi connectivity index (χ3v) is 4.88. The SMILES string of the molecule is CC(C)CC(=O)Nc1scc(-c2ccccc2)c1C(=O)Nc1ccccc1. The van der Waals surface area contributed by atoms with E-state index in [4.69, 9.17) is 0 Å². The van der Waals surface area contributed by atoms with Crippen LogP contribution in [0.1, 0.15) is 30.6 Å². The van der Waals surface area contributed by atoms with Crippen LogP contribution >= 0.6 is 11.3 Å². The van der Waals surface area contributed by atoms with Crippen LogP contribution in [-0.4, -0.2) is 11.8 Å². The lowest BCUT2D eigenvalue weighted by Gasteiger charge is -2.11. The second-order valence-electron chi connectivity index (χ2n) is 6.69. The minimum absolute atomic E-state index is 0.0831. The Kier molecular flexibility index (Phi) is 6.04. The minimum atomic E-state index is -0.235. The van der Waals surface area contributed by atoms with E-state index >= 15 is 0 Å². The summed E-state index contributed by atoms with van der Waals surface area (Å²) in [6.07, 6.45) is 0.415. The lowest BCUT2D eigenvalue weighted by molar-refractivity contribution is -0.116. The van der Waals surface area contributed by atoms with Crippen LogP contribution in [0, 0.1) is 5.92 Å². The van der Waals surface area contributed by atoms with Crippen molar-refractivity contribution in [1.82, 2.24) is 0 Å². The van der Waals surface area contributed by atoms with Gasteiger partial charge in [0.25, 0.3) is 5.91 Å². The van der Waals surface area contributed by atoms with Crippen LogP contribution in [0.15, 0.2) is 66.0 Å². The molecule has 0 spiro atoms. The second-order valence-corrected chi connectivity index (χ2v) is 7.57. The largest absolute Gasteiger partial charge is 0.322 e. The van der Waals surface area contributed by atoms with Crippen LogP contribution in [0.2, 0.25) is 0 Å². The molecule has 2 aromatic carbocycles. The first-order valence-electron chi connectivity index (χ1n) is 8.87. The molecule has 4 nitrogen and oxygen atoms in total. The van der Waals surface area contributed by atoms with Crippen LogP contribution in [0.25, 0.3) is 11.1 Å². The number of rotatable bonds is 6. The molecule has 0 saturated carbocycles. The maximum absolute atomic E-state index is 13.0. The van der Waals surface area contributed by atoms with E-state index in [1.54, 1.807) is 0 Å². The molecular weight excluding hydrogens is 356 g/mol. The van der Waals surface area contributed by atoms with Crippen LogP contribution in [-0.2, 0) is 4.79 Å². The highest BCUT2D eigenvalue weighted by Crippen LogP contribution is 2.36. The van der Waals surface area contributed by atoms with Crippen molar-refractivity contribution >= 4 is 33.8 Å². The van der Waals surface area contributed by atoms with Crippen LogP contribution in [0.5, 0.6) is 0 Å². The number of carbonyl (C=O) groups excluding carboxylic acids is 2. The number of amides is 2. The molecule has 0 fully saturated rings. The van der Waals surface area contributed by atoms with Crippen molar-refractivity contribution in [3.63, 3.8) is 0 Å². The molecular formula is C22H22N2O2S. The molecule has 0 aliphatic rings. The van der Waals surface area contributed by atoms with E-state index in [-0.39, 0.29) is 17.7 Å². The quantitative estimate of drug-likeness (QED) is 0.582. The molecule has 0 aliphatic heterocycles. The van der Waals surface area contributed by atoms with Gasteiger partial charge in [0.2, 0.25) is 5.91 Å². The van der Waals surface area contributed by atoms with Gasteiger partial charge in [0.15, 0.2) is 0 Å². The van der Waals surface area contributed by atoms with Crippen molar-refractivity contribution in [2.75, 3.05) is 10.6 Å². The van der Waals surface area contributed by atoms with Gasteiger partial charge in [-0.3, -0.25) is 9.59 Å². The number of para-hydroxylation sites is 1. The topological polar surface area (TPSA) is 58.2 Å². The highest BCUT2D eigenvalue weighted by molar-refractivity contribution is 7.15. The zero-order valence-electron chi connectivity index (χ0n) is 15.4. The Morgan fingerprint density at radius 1 is 0.926 bits per heavy atom. The van der Waals surface area contributed by atoms with Crippen LogP contribution < -0.4 is 10.6 Å². The van der Waals surface area contributed by atoms with E-state index in [0.717, 1.165) is 11.1 Å². The molecule has 0 unspecified atom stereocenters. The normalized spacial score (nSPS) is 10.6. The first-order chi connectivity index (χ1) is 13.0. The average Bonchev–Trinajstić information content (AvgIpc) is 3.06. The lowest BCUT2D eigenvalue weighted by atomic mass is 10.0. The summed E-state index contributed by atoms with van der Waals surface area (Å²) in [5.74, 6) is -0.0680. The molecule has 5 heteroatoms. The minimum Gasteiger partial charge on any atom is -0.322 e. The molecule has 2 amide bonds. The monoisotopic (exact) mass is 378 g/mol. The molecule has 0 bridgehead atoms. The first-order valence-corrected chi connectivity index (χ1v) is 9.75. The molecule has 2 N–H and O–H groups in total. The number of hydrogen-bond donors (Lipinski definition) is 2. The van der Waals surface area contributed by atoms with E-state index in [1.807, 2.05) is 79.9 Å². The van der Waals surface area contributed by atoms with E-state index in [9.17, 15) is 9.59 Å². The number of thiophene rings is 1. The Bertz CT molecular complexity index is 918. The Balaban J connectivity index is 1.95. The Morgan fingerprint density at radius 3 is 2.19 bits per heavy atom. The van der Waals surface area contributed by atoms with Gasteiger partial charge < -0.3 is 10.6 Å². The number of nitrogens with one attached hydrogen (secondary N) is 2. The molecule has 3 aromatic rings. The molecule has 27 heavy (non-hydrogen) atoms. The van der Waals surface area contributed by atoms with Gasteiger partial charge in [-0.25, -0.2) is 0 Å². The van der Waals surface area contributed by atoms with E-state index in [0.29, 0.717) is 22.7 Å². The van der Waals surface area contributed by atoms with Gasteiger partial charge in [-0.2, -0.15) is 0 Å². The fourth-order valence-electron chi connectivity index (χ4n) is 2.77. The standard InChI is InChI=1S/C22H22N2O2S/c1-15(2)13-19(25)24-22-20(21(26)23-17-11-7-4-8-12-17)18(14-27-22)16-9-5-3-6-10-16/h3-12,14-15H,13H2,1-2H3,(H,23,26)(H,24,25). The molecule has 0 atom stereocenters. The van der Waals surface area contributed by atoms with Gasteiger partial charge in [0.1, 0.15) is 5.00 Å². The molecule has 1 heterocycles. The lowest BCUT2D eigenvalue weighted by Crippen LogP contribution is -2.18. The molecule has 138 valence electrons. The molecule has 3 rings (SSSR count). The maximum atomic E-state index is 13.0. The van der Waals surface area contributed by atoms with Gasteiger partial charge in [0.05, 0.1) is 5.56 Å². The van der Waals surface area contributed by atoms with Gasteiger partial charge in [0, 0.05) is 23.1 Å². The second kappa shape index (κ2) is 8.64. The zero-order valence-corrected chi connectivity index (χ0v) is 16.2. The van der Waals surface area contributed by atoms with Crippen molar-refractivity contribution in [3.05, 3.63) is 71.6 Å². The van der Waals surface area contributed by atoms with E-state index < -0.39 is 0 Å². The first kappa shape index (κ1) is 18.9. The highest BCUT2D eigenvalue weighted by Gasteiger charge is 2.22. The summed E-state index contributed by atoms with van der Waals surface area (Å²) >= 11 is 1.37. The number of carbonyl (C=O) groups is 2. The summed E-state index contributed by atoms with van der Waals surface area (Å²) in [5.41, 5.74) is 2.96. The van der Waals surface area contributed by atoms with Crippen molar-refractivity contribution in [1.29, 1.82) is 0 Å². The predicted molar refractivity (Wildman–Crippen MR) is 112 cm³/mol. The Hall–Kier alpha value is -2.92. The van der Waals surface area contributed by atoms with Crippen molar-refractivity contribution in [3.8, 4) is 11.1 Å². The summed E-state index contributed by atoms with van der Waals surface area (Å²) in [4.78, 5) is 25.3. The average molecular weight is 378 g/mol. The van der Waals surface area contributed by atoms with Gasteiger partial charge >= 0.3 is 0 Å². The van der Waals surface area contributed by atoms with Crippen molar-refractivity contribution < 1.29 is 9.59 Å². The zero-order chi connectivity index (χ0) is 19.2. The summed E-state index contributed by atoms with van der Waals surface area (Å²) in [5, 5.41) is 8.34. The van der Waals surface area contributed by atoms with E-state index in [1.165, 1.54) is 11.3 Å². The number of hydrogen-bond acceptors (Lipinski definition) is 3. The summed E-state index contributed by atoms with van der Waals surface area (Å²) in [6, 6.07) is 19.0. The highest BCUT2D eigenvalue weighted by atomic mass is 32.1. The molecule has 1 aromatic heterocycles. The fourth-order valence-corrected chi connectivity index (χ4v) is 3.75. The summed E-state index contributed by atoms with van der Waals surface area (Å²) in [6.45, 7) is 3.98. The van der Waals surface area contributed by atoms with Gasteiger partial charge in [-0.1, -0.05) is 62.4 Å². The van der Waals surface area contributed by atoms with Gasteiger partial charge in [-0.15, -0.1) is 11.3 Å². The van der Waals surface area contributed by atoms with E-state index in [2.05, 4.69) is 10.6 Å².